The molecule has 6 nitrogen and oxygen atoms in total. The largest absolute Gasteiger partial charge is 0.469 e. The predicted molar refractivity (Wildman–Crippen MR) is 94.9 cm³/mol. The number of amides is 1. The molecule has 0 spiro atoms. The summed E-state index contributed by atoms with van der Waals surface area (Å²) in [5.74, 6) is 1.52. The SMILES string of the molecule is O=C(NCCc1ccco1)c1nc(N2CCCC2)nc2c1CCCC2. The highest BCUT2D eigenvalue weighted by Gasteiger charge is 2.25. The van der Waals surface area contributed by atoms with Crippen LogP contribution < -0.4 is 10.2 Å². The number of furan rings is 1. The average Bonchev–Trinajstić information content (AvgIpc) is 3.34. The van der Waals surface area contributed by atoms with Gasteiger partial charge in [-0.1, -0.05) is 0 Å². The number of fused-ring (bicyclic) bond motifs is 1. The van der Waals surface area contributed by atoms with E-state index >= 15 is 0 Å². The van der Waals surface area contributed by atoms with Gasteiger partial charge in [0.1, 0.15) is 11.5 Å². The van der Waals surface area contributed by atoms with Gasteiger partial charge in [0.15, 0.2) is 0 Å². The van der Waals surface area contributed by atoms with E-state index in [0.717, 1.165) is 61.7 Å². The van der Waals surface area contributed by atoms with Crippen LogP contribution in [0.1, 0.15) is 53.2 Å². The van der Waals surface area contributed by atoms with Crippen LogP contribution in [0.2, 0.25) is 0 Å². The second-order valence-electron chi connectivity index (χ2n) is 6.78. The lowest BCUT2D eigenvalue weighted by Crippen LogP contribution is -2.31. The Morgan fingerprint density at radius 2 is 2.00 bits per heavy atom. The molecular weight excluding hydrogens is 316 g/mol. The van der Waals surface area contributed by atoms with Gasteiger partial charge in [-0.3, -0.25) is 4.79 Å². The van der Waals surface area contributed by atoms with Crippen molar-refractivity contribution in [1.82, 2.24) is 15.3 Å². The molecule has 6 heteroatoms. The molecule has 0 saturated carbocycles. The molecule has 2 aliphatic rings. The average molecular weight is 340 g/mol. The maximum absolute atomic E-state index is 12.8. The third-order valence-electron chi connectivity index (χ3n) is 5.01. The molecule has 132 valence electrons. The van der Waals surface area contributed by atoms with Crippen molar-refractivity contribution < 1.29 is 9.21 Å². The van der Waals surface area contributed by atoms with Crippen molar-refractivity contribution in [3.63, 3.8) is 0 Å². The van der Waals surface area contributed by atoms with Gasteiger partial charge in [-0.15, -0.1) is 0 Å². The van der Waals surface area contributed by atoms with Crippen molar-refractivity contribution in [2.45, 2.75) is 44.9 Å². The van der Waals surface area contributed by atoms with Crippen LogP contribution in [-0.4, -0.2) is 35.5 Å². The maximum Gasteiger partial charge on any atom is 0.270 e. The number of carbonyl (C=O) groups excluding carboxylic acids is 1. The lowest BCUT2D eigenvalue weighted by molar-refractivity contribution is 0.0947. The van der Waals surface area contributed by atoms with Gasteiger partial charge >= 0.3 is 0 Å². The first-order chi connectivity index (χ1) is 12.3. The van der Waals surface area contributed by atoms with Gasteiger partial charge in [-0.25, -0.2) is 9.97 Å². The highest BCUT2D eigenvalue weighted by atomic mass is 16.3. The van der Waals surface area contributed by atoms with E-state index < -0.39 is 0 Å². The molecule has 0 atom stereocenters. The van der Waals surface area contributed by atoms with Gasteiger partial charge in [0.25, 0.3) is 5.91 Å². The number of hydrogen-bond acceptors (Lipinski definition) is 5. The van der Waals surface area contributed by atoms with Gasteiger partial charge in [-0.05, 0) is 50.7 Å². The van der Waals surface area contributed by atoms with Crippen LogP contribution in [0.3, 0.4) is 0 Å². The number of anilines is 1. The summed E-state index contributed by atoms with van der Waals surface area (Å²) in [5.41, 5.74) is 2.69. The molecule has 2 aromatic rings. The molecular formula is C19H24N4O2. The first kappa shape index (κ1) is 16.1. The zero-order valence-corrected chi connectivity index (χ0v) is 14.5. The Bertz CT molecular complexity index is 736. The van der Waals surface area contributed by atoms with E-state index in [4.69, 9.17) is 9.40 Å². The van der Waals surface area contributed by atoms with Crippen molar-refractivity contribution in [2.24, 2.45) is 0 Å². The van der Waals surface area contributed by atoms with Gasteiger partial charge in [0.2, 0.25) is 5.95 Å². The molecule has 25 heavy (non-hydrogen) atoms. The van der Waals surface area contributed by atoms with Crippen molar-refractivity contribution >= 4 is 11.9 Å². The van der Waals surface area contributed by atoms with Crippen LogP contribution in [0.25, 0.3) is 0 Å². The molecule has 1 aliphatic heterocycles. The Balaban J connectivity index is 1.53. The summed E-state index contributed by atoms with van der Waals surface area (Å²) < 4.78 is 5.31. The number of nitrogens with zero attached hydrogens (tertiary/aromatic N) is 3. The number of aryl methyl sites for hydroxylation is 1. The summed E-state index contributed by atoms with van der Waals surface area (Å²) in [6, 6.07) is 3.78. The lowest BCUT2D eigenvalue weighted by atomic mass is 9.94. The summed E-state index contributed by atoms with van der Waals surface area (Å²) in [7, 11) is 0. The topological polar surface area (TPSA) is 71.3 Å². The zero-order valence-electron chi connectivity index (χ0n) is 14.5. The quantitative estimate of drug-likeness (QED) is 0.905. The molecule has 1 N–H and O–H groups in total. The van der Waals surface area contributed by atoms with Gasteiger partial charge in [0.05, 0.1) is 6.26 Å². The monoisotopic (exact) mass is 340 g/mol. The summed E-state index contributed by atoms with van der Waals surface area (Å²) >= 11 is 0. The number of rotatable bonds is 5. The molecule has 0 unspecified atom stereocenters. The van der Waals surface area contributed by atoms with E-state index in [-0.39, 0.29) is 5.91 Å². The van der Waals surface area contributed by atoms with Crippen LogP contribution in [0.4, 0.5) is 5.95 Å². The highest BCUT2D eigenvalue weighted by Crippen LogP contribution is 2.26. The second kappa shape index (κ2) is 7.25. The standard InChI is InChI=1S/C19H24N4O2/c24-18(20-10-9-14-6-5-13-25-14)17-15-7-1-2-8-16(15)21-19(22-17)23-11-3-4-12-23/h5-6,13H,1-4,7-12H2,(H,20,24). The molecule has 4 rings (SSSR count). The summed E-state index contributed by atoms with van der Waals surface area (Å²) in [4.78, 5) is 24.4. The molecule has 1 aliphatic carbocycles. The Kier molecular flexibility index (Phi) is 4.68. The smallest absolute Gasteiger partial charge is 0.270 e. The molecule has 1 amide bonds. The molecule has 0 radical (unpaired) electrons. The highest BCUT2D eigenvalue weighted by molar-refractivity contribution is 5.94. The van der Waals surface area contributed by atoms with Crippen LogP contribution in [0, 0.1) is 0 Å². The van der Waals surface area contributed by atoms with Gasteiger partial charge in [-0.2, -0.15) is 0 Å². The van der Waals surface area contributed by atoms with Gasteiger partial charge < -0.3 is 14.6 Å². The molecule has 2 aromatic heterocycles. The molecule has 1 fully saturated rings. The van der Waals surface area contributed by atoms with Crippen molar-refractivity contribution in [1.29, 1.82) is 0 Å². The molecule has 0 aromatic carbocycles. The molecule has 0 bridgehead atoms. The minimum atomic E-state index is -0.0902. The van der Waals surface area contributed by atoms with E-state index in [2.05, 4.69) is 15.2 Å². The number of aromatic nitrogens is 2. The third-order valence-corrected chi connectivity index (χ3v) is 5.01. The normalized spacial score (nSPS) is 16.7. The Morgan fingerprint density at radius 1 is 1.16 bits per heavy atom. The number of carbonyl (C=O) groups is 1. The predicted octanol–water partition coefficient (Wildman–Crippen LogP) is 2.52. The first-order valence-electron chi connectivity index (χ1n) is 9.26. The lowest BCUT2D eigenvalue weighted by Gasteiger charge is -2.22. The summed E-state index contributed by atoms with van der Waals surface area (Å²) in [6.07, 6.45) is 8.78. The Labute approximate surface area is 147 Å². The molecule has 1 saturated heterocycles. The first-order valence-corrected chi connectivity index (χ1v) is 9.26. The fraction of sp³-hybridized carbons (Fsp3) is 0.526. The zero-order chi connectivity index (χ0) is 17.1. The van der Waals surface area contributed by atoms with Crippen molar-refractivity contribution in [3.8, 4) is 0 Å². The van der Waals surface area contributed by atoms with Crippen LogP contribution in [0.15, 0.2) is 22.8 Å². The maximum atomic E-state index is 12.8. The van der Waals surface area contributed by atoms with Crippen LogP contribution in [-0.2, 0) is 19.3 Å². The second-order valence-corrected chi connectivity index (χ2v) is 6.78. The van der Waals surface area contributed by atoms with E-state index in [0.29, 0.717) is 18.7 Å². The number of hydrogen-bond donors (Lipinski definition) is 1. The summed E-state index contributed by atoms with van der Waals surface area (Å²) in [6.45, 7) is 2.51. The van der Waals surface area contributed by atoms with E-state index in [9.17, 15) is 4.79 Å². The Morgan fingerprint density at radius 3 is 2.80 bits per heavy atom. The van der Waals surface area contributed by atoms with Gasteiger partial charge in [0, 0.05) is 37.3 Å². The number of nitrogens with one attached hydrogen (secondary N) is 1. The van der Waals surface area contributed by atoms with E-state index in [1.165, 1.54) is 12.8 Å². The van der Waals surface area contributed by atoms with Crippen molar-refractivity contribution in [2.75, 3.05) is 24.5 Å². The van der Waals surface area contributed by atoms with E-state index in [1.54, 1.807) is 6.26 Å². The van der Waals surface area contributed by atoms with Crippen LogP contribution >= 0.6 is 0 Å². The fourth-order valence-corrected chi connectivity index (χ4v) is 3.67. The third kappa shape index (κ3) is 3.52. The minimum Gasteiger partial charge on any atom is -0.469 e. The summed E-state index contributed by atoms with van der Waals surface area (Å²) in [5, 5.41) is 3.00. The minimum absolute atomic E-state index is 0.0902. The molecule has 3 heterocycles. The van der Waals surface area contributed by atoms with Crippen LogP contribution in [0.5, 0.6) is 0 Å². The van der Waals surface area contributed by atoms with E-state index in [1.807, 2.05) is 12.1 Å². The van der Waals surface area contributed by atoms with Crippen molar-refractivity contribution in [3.05, 3.63) is 41.1 Å². The Hall–Kier alpha value is -2.37. The fourth-order valence-electron chi connectivity index (χ4n) is 3.67.